The number of rotatable bonds is 6. The van der Waals surface area contributed by atoms with Crippen LogP contribution in [-0.2, 0) is 11.3 Å². The van der Waals surface area contributed by atoms with Crippen LogP contribution in [0.5, 0.6) is 5.88 Å². The quantitative estimate of drug-likeness (QED) is 0.538. The molecule has 2 aromatic heterocycles. The summed E-state index contributed by atoms with van der Waals surface area (Å²) in [5.41, 5.74) is 1.47. The number of fused-ring (bicyclic) bond motifs is 1. The molecular formula is C20H14F2N4O3. The minimum Gasteiger partial charge on any atom is -0.467 e. The summed E-state index contributed by atoms with van der Waals surface area (Å²) >= 11 is 0. The topological polar surface area (TPSA) is 90.1 Å². The van der Waals surface area contributed by atoms with Gasteiger partial charge in [0.05, 0.1) is 0 Å². The van der Waals surface area contributed by atoms with Gasteiger partial charge in [-0.2, -0.15) is 4.98 Å². The molecule has 2 aromatic carbocycles. The van der Waals surface area contributed by atoms with Gasteiger partial charge in [0.1, 0.15) is 29.0 Å². The fraction of sp³-hybridized carbons (Fsp3) is 0.100. The fourth-order valence-corrected chi connectivity index (χ4v) is 2.70. The van der Waals surface area contributed by atoms with Crippen LogP contribution in [-0.4, -0.2) is 27.6 Å². The molecule has 0 atom stereocenters. The van der Waals surface area contributed by atoms with Crippen molar-refractivity contribution in [2.75, 3.05) is 6.61 Å². The summed E-state index contributed by atoms with van der Waals surface area (Å²) in [5, 5.41) is 6.88. The molecule has 0 saturated heterocycles. The second kappa shape index (κ2) is 8.01. The van der Waals surface area contributed by atoms with E-state index >= 15 is 0 Å². The lowest BCUT2D eigenvalue weighted by Gasteiger charge is -2.08. The second-order valence-corrected chi connectivity index (χ2v) is 6.05. The number of nitrogens with one attached hydrogen (secondary N) is 1. The summed E-state index contributed by atoms with van der Waals surface area (Å²) in [4.78, 5) is 20.1. The Morgan fingerprint density at radius 3 is 2.66 bits per heavy atom. The first kappa shape index (κ1) is 18.5. The molecule has 0 bridgehead atoms. The number of carbonyl (C=O) groups excluding carboxylic acids is 1. The monoisotopic (exact) mass is 396 g/mol. The zero-order valence-electron chi connectivity index (χ0n) is 14.9. The maximum absolute atomic E-state index is 13.6. The van der Waals surface area contributed by atoms with Crippen LogP contribution in [0.2, 0.25) is 0 Å². The van der Waals surface area contributed by atoms with Crippen molar-refractivity contribution < 1.29 is 22.8 Å². The molecule has 0 fully saturated rings. The van der Waals surface area contributed by atoms with E-state index in [1.165, 1.54) is 36.7 Å². The standard InChI is InChI=1S/C20H14F2N4O3/c21-14-7-5-12(6-8-14)18-17-19(24-11-25-20(17)29-26-18)28-10-16(27)23-9-13-3-1-2-4-15(13)22/h1-8,11H,9-10H2,(H,23,27). The third kappa shape index (κ3) is 4.03. The van der Waals surface area contributed by atoms with Crippen molar-refractivity contribution >= 4 is 17.0 Å². The van der Waals surface area contributed by atoms with Crippen molar-refractivity contribution in [3.8, 4) is 17.1 Å². The lowest BCUT2D eigenvalue weighted by Crippen LogP contribution is -2.28. The highest BCUT2D eigenvalue weighted by atomic mass is 19.1. The van der Waals surface area contributed by atoms with Gasteiger partial charge < -0.3 is 14.6 Å². The van der Waals surface area contributed by atoms with Crippen LogP contribution in [0.4, 0.5) is 8.78 Å². The lowest BCUT2D eigenvalue weighted by atomic mass is 10.1. The Labute approximate surface area is 163 Å². The minimum absolute atomic E-state index is 0.0299. The average molecular weight is 396 g/mol. The lowest BCUT2D eigenvalue weighted by molar-refractivity contribution is -0.123. The molecular weight excluding hydrogens is 382 g/mol. The first-order valence-electron chi connectivity index (χ1n) is 8.61. The molecule has 7 nitrogen and oxygen atoms in total. The summed E-state index contributed by atoms with van der Waals surface area (Å²) in [6.45, 7) is -0.323. The van der Waals surface area contributed by atoms with E-state index in [2.05, 4.69) is 20.4 Å². The Morgan fingerprint density at radius 2 is 1.86 bits per heavy atom. The van der Waals surface area contributed by atoms with Crippen molar-refractivity contribution in [2.45, 2.75) is 6.54 Å². The Balaban J connectivity index is 1.49. The van der Waals surface area contributed by atoms with Crippen LogP contribution in [0.25, 0.3) is 22.4 Å². The maximum atomic E-state index is 13.6. The molecule has 0 unspecified atom stereocenters. The molecule has 9 heteroatoms. The van der Waals surface area contributed by atoms with E-state index in [-0.39, 0.29) is 30.6 Å². The number of carbonyl (C=O) groups is 1. The van der Waals surface area contributed by atoms with E-state index in [9.17, 15) is 13.6 Å². The highest BCUT2D eigenvalue weighted by Gasteiger charge is 2.18. The van der Waals surface area contributed by atoms with Gasteiger partial charge in [-0.15, -0.1) is 0 Å². The van der Waals surface area contributed by atoms with Crippen LogP contribution >= 0.6 is 0 Å². The molecule has 0 spiro atoms. The smallest absolute Gasteiger partial charge is 0.265 e. The van der Waals surface area contributed by atoms with E-state index < -0.39 is 11.7 Å². The second-order valence-electron chi connectivity index (χ2n) is 6.05. The van der Waals surface area contributed by atoms with Crippen molar-refractivity contribution in [3.05, 3.63) is 72.1 Å². The van der Waals surface area contributed by atoms with Gasteiger partial charge in [0, 0.05) is 17.7 Å². The molecule has 0 radical (unpaired) electrons. The van der Waals surface area contributed by atoms with Gasteiger partial charge in [-0.25, -0.2) is 13.8 Å². The number of halogens is 2. The molecule has 4 aromatic rings. The molecule has 1 amide bonds. The van der Waals surface area contributed by atoms with E-state index in [4.69, 9.17) is 9.26 Å². The van der Waals surface area contributed by atoms with Crippen LogP contribution in [0, 0.1) is 11.6 Å². The zero-order valence-corrected chi connectivity index (χ0v) is 14.9. The number of amides is 1. The van der Waals surface area contributed by atoms with Crippen molar-refractivity contribution in [1.29, 1.82) is 0 Å². The van der Waals surface area contributed by atoms with Gasteiger partial charge in [0.2, 0.25) is 5.88 Å². The van der Waals surface area contributed by atoms with Gasteiger partial charge in [-0.05, 0) is 30.3 Å². The third-order valence-electron chi connectivity index (χ3n) is 4.13. The van der Waals surface area contributed by atoms with E-state index in [0.717, 1.165) is 0 Å². The van der Waals surface area contributed by atoms with Gasteiger partial charge >= 0.3 is 0 Å². The number of hydrogen-bond donors (Lipinski definition) is 1. The maximum Gasteiger partial charge on any atom is 0.265 e. The predicted molar refractivity (Wildman–Crippen MR) is 98.7 cm³/mol. The Kier molecular flexibility index (Phi) is 5.10. The molecule has 1 N–H and O–H groups in total. The predicted octanol–water partition coefficient (Wildman–Crippen LogP) is 3.26. The van der Waals surface area contributed by atoms with Gasteiger partial charge in [0.15, 0.2) is 6.61 Å². The molecule has 0 aliphatic carbocycles. The van der Waals surface area contributed by atoms with E-state index in [1.54, 1.807) is 18.2 Å². The highest BCUT2D eigenvalue weighted by Crippen LogP contribution is 2.32. The number of nitrogens with zero attached hydrogens (tertiary/aromatic N) is 3. The average Bonchev–Trinajstić information content (AvgIpc) is 3.17. The van der Waals surface area contributed by atoms with Gasteiger partial charge in [-0.1, -0.05) is 23.4 Å². The van der Waals surface area contributed by atoms with E-state index in [1.807, 2.05) is 0 Å². The summed E-state index contributed by atoms with van der Waals surface area (Å²) in [5.74, 6) is -1.16. The minimum atomic E-state index is -0.459. The van der Waals surface area contributed by atoms with Crippen molar-refractivity contribution in [3.63, 3.8) is 0 Å². The van der Waals surface area contributed by atoms with Crippen LogP contribution in [0.3, 0.4) is 0 Å². The third-order valence-corrected chi connectivity index (χ3v) is 4.13. The Bertz CT molecular complexity index is 1160. The molecule has 2 heterocycles. The number of benzene rings is 2. The first-order chi connectivity index (χ1) is 14.1. The van der Waals surface area contributed by atoms with E-state index in [0.29, 0.717) is 22.2 Å². The molecule has 146 valence electrons. The van der Waals surface area contributed by atoms with Crippen molar-refractivity contribution in [1.82, 2.24) is 20.4 Å². The van der Waals surface area contributed by atoms with Crippen LogP contribution < -0.4 is 10.1 Å². The number of ether oxygens (including phenoxy) is 1. The Morgan fingerprint density at radius 1 is 1.07 bits per heavy atom. The fourth-order valence-electron chi connectivity index (χ4n) is 2.70. The molecule has 0 aliphatic heterocycles. The van der Waals surface area contributed by atoms with Gasteiger partial charge in [0.25, 0.3) is 11.6 Å². The van der Waals surface area contributed by atoms with Crippen LogP contribution in [0.1, 0.15) is 5.56 Å². The molecule has 4 rings (SSSR count). The summed E-state index contributed by atoms with van der Waals surface area (Å²) in [6, 6.07) is 11.8. The number of hydrogen-bond acceptors (Lipinski definition) is 6. The first-order valence-corrected chi connectivity index (χ1v) is 8.61. The molecule has 29 heavy (non-hydrogen) atoms. The number of aromatic nitrogens is 3. The SMILES string of the molecule is O=C(COc1ncnc2onc(-c3ccc(F)cc3)c12)NCc1ccccc1F. The van der Waals surface area contributed by atoms with Crippen molar-refractivity contribution in [2.24, 2.45) is 0 Å². The van der Waals surface area contributed by atoms with Crippen LogP contribution in [0.15, 0.2) is 59.4 Å². The van der Waals surface area contributed by atoms with Gasteiger partial charge in [-0.3, -0.25) is 4.79 Å². The summed E-state index contributed by atoms with van der Waals surface area (Å²) < 4.78 is 37.5. The highest BCUT2D eigenvalue weighted by molar-refractivity contribution is 5.93. The Hall–Kier alpha value is -3.88. The summed E-state index contributed by atoms with van der Waals surface area (Å²) in [6.07, 6.45) is 1.22. The molecule has 0 aliphatic rings. The zero-order chi connectivity index (χ0) is 20.2. The largest absolute Gasteiger partial charge is 0.467 e. The normalized spacial score (nSPS) is 10.8. The molecule has 0 saturated carbocycles. The summed E-state index contributed by atoms with van der Waals surface area (Å²) in [7, 11) is 0.